The highest BCUT2D eigenvalue weighted by atomic mass is 16.6. The zero-order chi connectivity index (χ0) is 23.8. The lowest BCUT2D eigenvalue weighted by Gasteiger charge is -2.25. The van der Waals surface area contributed by atoms with Gasteiger partial charge in [-0.1, -0.05) is 27.7 Å². The van der Waals surface area contributed by atoms with Crippen molar-refractivity contribution in [3.8, 4) is 0 Å². The Labute approximate surface area is 184 Å². The summed E-state index contributed by atoms with van der Waals surface area (Å²) >= 11 is 0. The molecule has 0 saturated heterocycles. The largest absolute Gasteiger partial charge is 0.443 e. The highest BCUT2D eigenvalue weighted by molar-refractivity contribution is 5.73. The average molecular weight is 433 g/mol. The van der Waals surface area contributed by atoms with Gasteiger partial charge in [0.2, 0.25) is 0 Å². The van der Waals surface area contributed by atoms with Gasteiger partial charge in [0.05, 0.1) is 5.69 Å². The number of carbonyl (C=O) groups excluding carboxylic acids is 2. The van der Waals surface area contributed by atoms with E-state index in [1.54, 1.807) is 23.0 Å². The van der Waals surface area contributed by atoms with Gasteiger partial charge in [0.15, 0.2) is 0 Å². The molecule has 31 heavy (non-hydrogen) atoms. The highest BCUT2D eigenvalue weighted by Crippen LogP contribution is 2.27. The Morgan fingerprint density at radius 1 is 0.968 bits per heavy atom. The minimum atomic E-state index is -0.630. The minimum absolute atomic E-state index is 0.124. The van der Waals surface area contributed by atoms with Gasteiger partial charge in [-0.2, -0.15) is 9.78 Å². The Kier molecular flexibility index (Phi) is 6.73. The van der Waals surface area contributed by atoms with Gasteiger partial charge in [0.25, 0.3) is 0 Å². The number of nitrogens with zero attached hydrogens (tertiary/aromatic N) is 4. The third kappa shape index (κ3) is 6.42. The summed E-state index contributed by atoms with van der Waals surface area (Å²) in [5.74, 6) is 0.505. The van der Waals surface area contributed by atoms with Crippen molar-refractivity contribution in [3.05, 3.63) is 35.7 Å². The van der Waals surface area contributed by atoms with Crippen molar-refractivity contribution in [2.45, 2.75) is 98.2 Å². The van der Waals surface area contributed by atoms with Gasteiger partial charge in [-0.05, 0) is 54.0 Å². The van der Waals surface area contributed by atoms with E-state index in [4.69, 9.17) is 9.47 Å². The number of hydrogen-bond donors (Lipinski definition) is 0. The fourth-order valence-electron chi connectivity index (χ4n) is 3.13. The van der Waals surface area contributed by atoms with Crippen molar-refractivity contribution in [2.75, 3.05) is 0 Å². The van der Waals surface area contributed by atoms with Crippen LogP contribution in [-0.2, 0) is 21.3 Å². The number of aromatic nitrogens is 4. The van der Waals surface area contributed by atoms with E-state index in [-0.39, 0.29) is 11.3 Å². The third-order valence-corrected chi connectivity index (χ3v) is 4.34. The first kappa shape index (κ1) is 24.6. The van der Waals surface area contributed by atoms with E-state index >= 15 is 0 Å². The summed E-state index contributed by atoms with van der Waals surface area (Å²) in [6.07, 6.45) is 2.75. The second kappa shape index (κ2) is 8.48. The van der Waals surface area contributed by atoms with Crippen LogP contribution in [0, 0.1) is 0 Å². The lowest BCUT2D eigenvalue weighted by Crippen LogP contribution is -2.32. The maximum absolute atomic E-state index is 13.0. The van der Waals surface area contributed by atoms with Crippen LogP contribution in [0.2, 0.25) is 0 Å². The molecule has 0 aliphatic carbocycles. The van der Waals surface area contributed by atoms with E-state index in [0.29, 0.717) is 23.6 Å². The van der Waals surface area contributed by atoms with Gasteiger partial charge in [-0.25, -0.2) is 19.1 Å². The van der Waals surface area contributed by atoms with E-state index in [1.165, 1.54) is 4.68 Å². The number of carbonyl (C=O) groups is 2. The Balaban J connectivity index is 2.38. The van der Waals surface area contributed by atoms with Gasteiger partial charge in [-0.15, -0.1) is 0 Å². The van der Waals surface area contributed by atoms with Crippen molar-refractivity contribution in [1.29, 1.82) is 0 Å². The molecule has 0 bridgehead atoms. The van der Waals surface area contributed by atoms with Gasteiger partial charge >= 0.3 is 12.2 Å². The van der Waals surface area contributed by atoms with Crippen molar-refractivity contribution in [1.82, 2.24) is 19.3 Å². The molecular formula is C23H36N4O4. The zero-order valence-corrected chi connectivity index (χ0v) is 20.4. The molecule has 1 atom stereocenters. The highest BCUT2D eigenvalue weighted by Gasteiger charge is 2.30. The molecule has 2 aromatic heterocycles. The lowest BCUT2D eigenvalue weighted by molar-refractivity contribution is 0.0498. The van der Waals surface area contributed by atoms with Gasteiger partial charge in [-0.3, -0.25) is 0 Å². The molecule has 0 amide bonds. The molecule has 0 fully saturated rings. The van der Waals surface area contributed by atoms with Gasteiger partial charge in [0, 0.05) is 29.4 Å². The standard InChI is InChI=1S/C23H36N4O4/c1-15(17-11-12-25-27(17)20(29)31-23(8,9)10)13-16-14-24-18(21(2,3)4)26(16)19(28)30-22(5,6)7/h11-12,14-15H,13H2,1-10H3. The second-order valence-corrected chi connectivity index (χ2v) is 10.9. The van der Waals surface area contributed by atoms with Crippen LogP contribution in [0.3, 0.4) is 0 Å². The predicted molar refractivity (Wildman–Crippen MR) is 119 cm³/mol. The molecule has 0 saturated carbocycles. The first-order valence-electron chi connectivity index (χ1n) is 10.6. The minimum Gasteiger partial charge on any atom is -0.443 e. The zero-order valence-electron chi connectivity index (χ0n) is 20.4. The second-order valence-electron chi connectivity index (χ2n) is 10.9. The van der Waals surface area contributed by atoms with Crippen molar-refractivity contribution in [3.63, 3.8) is 0 Å². The van der Waals surface area contributed by atoms with E-state index in [9.17, 15) is 9.59 Å². The molecule has 2 heterocycles. The topological polar surface area (TPSA) is 88.2 Å². The maximum atomic E-state index is 13.0. The van der Waals surface area contributed by atoms with E-state index < -0.39 is 23.4 Å². The van der Waals surface area contributed by atoms with Crippen molar-refractivity contribution in [2.24, 2.45) is 0 Å². The van der Waals surface area contributed by atoms with Crippen molar-refractivity contribution >= 4 is 12.2 Å². The molecule has 2 aromatic rings. The van der Waals surface area contributed by atoms with Crippen LogP contribution >= 0.6 is 0 Å². The molecule has 0 aliphatic rings. The van der Waals surface area contributed by atoms with Crippen LogP contribution in [0.25, 0.3) is 0 Å². The molecule has 2 rings (SSSR count). The summed E-state index contributed by atoms with van der Waals surface area (Å²) in [5, 5.41) is 4.14. The fourth-order valence-corrected chi connectivity index (χ4v) is 3.13. The molecule has 0 radical (unpaired) electrons. The Hall–Kier alpha value is -2.64. The normalized spacial score (nSPS) is 13.7. The summed E-state index contributed by atoms with van der Waals surface area (Å²) in [6.45, 7) is 18.9. The smallest absolute Gasteiger partial charge is 0.435 e. The third-order valence-electron chi connectivity index (χ3n) is 4.34. The fraction of sp³-hybridized carbons (Fsp3) is 0.652. The molecule has 8 heteroatoms. The Bertz CT molecular complexity index is 936. The van der Waals surface area contributed by atoms with Gasteiger partial charge in [0.1, 0.15) is 17.0 Å². The lowest BCUT2D eigenvalue weighted by atomic mass is 9.95. The number of hydrogen-bond acceptors (Lipinski definition) is 6. The quantitative estimate of drug-likeness (QED) is 0.655. The van der Waals surface area contributed by atoms with Crippen LogP contribution in [-0.4, -0.2) is 42.7 Å². The molecule has 0 aliphatic heterocycles. The molecular weight excluding hydrogens is 396 g/mol. The van der Waals surface area contributed by atoms with E-state index in [1.807, 2.05) is 69.2 Å². The maximum Gasteiger partial charge on any atom is 0.435 e. The van der Waals surface area contributed by atoms with Crippen LogP contribution in [0.4, 0.5) is 9.59 Å². The predicted octanol–water partition coefficient (Wildman–Crippen LogP) is 5.29. The molecule has 1 unspecified atom stereocenters. The van der Waals surface area contributed by atoms with Gasteiger partial charge < -0.3 is 9.47 Å². The SMILES string of the molecule is CC(Cc1cnc(C(C)(C)C)n1C(=O)OC(C)(C)C)c1ccnn1C(=O)OC(C)(C)C. The molecule has 0 spiro atoms. The summed E-state index contributed by atoms with van der Waals surface area (Å²) in [7, 11) is 0. The number of rotatable bonds is 3. The van der Waals surface area contributed by atoms with E-state index in [0.717, 1.165) is 0 Å². The Morgan fingerprint density at radius 2 is 1.52 bits per heavy atom. The first-order valence-corrected chi connectivity index (χ1v) is 10.6. The average Bonchev–Trinajstić information content (AvgIpc) is 3.17. The molecule has 172 valence electrons. The molecule has 0 aromatic carbocycles. The summed E-state index contributed by atoms with van der Waals surface area (Å²) in [6, 6.07) is 1.79. The first-order chi connectivity index (χ1) is 14.0. The van der Waals surface area contributed by atoms with Crippen LogP contribution in [0.1, 0.15) is 92.4 Å². The van der Waals surface area contributed by atoms with Crippen LogP contribution < -0.4 is 0 Å². The Morgan fingerprint density at radius 3 is 2.03 bits per heavy atom. The summed E-state index contributed by atoms with van der Waals surface area (Å²) < 4.78 is 13.9. The van der Waals surface area contributed by atoms with Crippen molar-refractivity contribution < 1.29 is 19.1 Å². The summed E-state index contributed by atoms with van der Waals surface area (Å²) in [5.41, 5.74) is -0.196. The molecule has 0 N–H and O–H groups in total. The molecule has 8 nitrogen and oxygen atoms in total. The summed E-state index contributed by atoms with van der Waals surface area (Å²) in [4.78, 5) is 30.1. The number of ether oxygens (including phenoxy) is 2. The monoisotopic (exact) mass is 432 g/mol. The van der Waals surface area contributed by atoms with Crippen LogP contribution in [0.15, 0.2) is 18.5 Å². The van der Waals surface area contributed by atoms with Crippen LogP contribution in [0.5, 0.6) is 0 Å². The van der Waals surface area contributed by atoms with E-state index in [2.05, 4.69) is 10.1 Å². The number of imidazole rings is 1.